The lowest BCUT2D eigenvalue weighted by Gasteiger charge is -2.10. The summed E-state index contributed by atoms with van der Waals surface area (Å²) < 4.78 is 5.12. The van der Waals surface area contributed by atoms with E-state index in [9.17, 15) is 4.79 Å². The van der Waals surface area contributed by atoms with Gasteiger partial charge in [0.05, 0.1) is 19.0 Å². The zero-order valence-electron chi connectivity index (χ0n) is 12.4. The van der Waals surface area contributed by atoms with Gasteiger partial charge in [-0.1, -0.05) is 6.07 Å². The minimum Gasteiger partial charge on any atom is -0.497 e. The van der Waals surface area contributed by atoms with Gasteiger partial charge in [-0.15, -0.1) is 0 Å². The molecule has 1 aromatic heterocycles. The van der Waals surface area contributed by atoms with E-state index in [1.165, 1.54) is 0 Å². The van der Waals surface area contributed by atoms with Crippen molar-refractivity contribution in [2.24, 2.45) is 0 Å². The third kappa shape index (κ3) is 4.21. The average Bonchev–Trinajstić information content (AvgIpc) is 2.47. The summed E-state index contributed by atoms with van der Waals surface area (Å²) in [6.07, 6.45) is 1.65. The molecule has 0 bridgehead atoms. The van der Waals surface area contributed by atoms with Gasteiger partial charge >= 0.3 is 0 Å². The third-order valence-electron chi connectivity index (χ3n) is 2.78. The van der Waals surface area contributed by atoms with Crippen LogP contribution in [0.3, 0.4) is 0 Å². The summed E-state index contributed by atoms with van der Waals surface area (Å²) in [6, 6.07) is 11.1. The predicted octanol–water partition coefficient (Wildman–Crippen LogP) is 3.16. The van der Waals surface area contributed by atoms with Crippen molar-refractivity contribution < 1.29 is 9.53 Å². The summed E-state index contributed by atoms with van der Waals surface area (Å²) in [5.41, 5.74) is 1.93. The molecule has 0 aliphatic carbocycles. The van der Waals surface area contributed by atoms with Crippen LogP contribution in [-0.4, -0.2) is 24.0 Å². The van der Waals surface area contributed by atoms with E-state index in [0.29, 0.717) is 23.2 Å². The maximum absolute atomic E-state index is 12.1. The number of anilines is 2. The van der Waals surface area contributed by atoms with Crippen molar-refractivity contribution in [2.75, 3.05) is 17.7 Å². The van der Waals surface area contributed by atoms with Crippen molar-refractivity contribution in [1.82, 2.24) is 4.98 Å². The van der Waals surface area contributed by atoms with Gasteiger partial charge in [0.25, 0.3) is 5.91 Å². The lowest BCUT2D eigenvalue weighted by atomic mass is 10.2. The van der Waals surface area contributed by atoms with Gasteiger partial charge in [-0.25, -0.2) is 4.98 Å². The molecular formula is C16H19N3O2. The second-order valence-electron chi connectivity index (χ2n) is 4.92. The molecule has 2 N–H and O–H groups in total. The third-order valence-corrected chi connectivity index (χ3v) is 2.78. The number of amides is 1. The fourth-order valence-electron chi connectivity index (χ4n) is 1.84. The first-order chi connectivity index (χ1) is 10.1. The van der Waals surface area contributed by atoms with Crippen molar-refractivity contribution in [3.05, 3.63) is 48.3 Å². The van der Waals surface area contributed by atoms with Crippen LogP contribution in [0.15, 0.2) is 42.6 Å². The zero-order chi connectivity index (χ0) is 15.2. The standard InChI is InChI=1S/C16H19N3O2/c1-11(2)18-13-7-8-15(17-10-13)16(20)19-12-5-4-6-14(9-12)21-3/h4-11,18H,1-3H3,(H,19,20). The molecule has 0 fully saturated rings. The number of hydrogen-bond donors (Lipinski definition) is 2. The molecule has 2 rings (SSSR count). The van der Waals surface area contributed by atoms with Crippen LogP contribution in [0.1, 0.15) is 24.3 Å². The number of carbonyl (C=O) groups excluding carboxylic acids is 1. The van der Waals surface area contributed by atoms with E-state index in [0.717, 1.165) is 5.69 Å². The number of nitrogens with zero attached hydrogens (tertiary/aromatic N) is 1. The first kappa shape index (κ1) is 14.8. The number of pyridine rings is 1. The van der Waals surface area contributed by atoms with E-state index in [4.69, 9.17) is 4.74 Å². The normalized spacial score (nSPS) is 10.3. The van der Waals surface area contributed by atoms with E-state index in [-0.39, 0.29) is 5.91 Å². The topological polar surface area (TPSA) is 63.2 Å². The molecule has 5 heteroatoms. The van der Waals surface area contributed by atoms with Crippen molar-refractivity contribution in [3.8, 4) is 5.75 Å². The van der Waals surface area contributed by atoms with Gasteiger partial charge < -0.3 is 15.4 Å². The van der Waals surface area contributed by atoms with Crippen LogP contribution in [0.5, 0.6) is 5.75 Å². The van der Waals surface area contributed by atoms with E-state index in [1.807, 2.05) is 32.0 Å². The van der Waals surface area contributed by atoms with Gasteiger partial charge in [0.1, 0.15) is 11.4 Å². The molecule has 110 valence electrons. The number of aromatic nitrogens is 1. The maximum atomic E-state index is 12.1. The fourth-order valence-corrected chi connectivity index (χ4v) is 1.84. The number of hydrogen-bond acceptors (Lipinski definition) is 4. The molecule has 0 aliphatic rings. The van der Waals surface area contributed by atoms with Crippen LogP contribution in [0.2, 0.25) is 0 Å². The minimum atomic E-state index is -0.251. The number of benzene rings is 1. The Morgan fingerprint density at radius 1 is 1.19 bits per heavy atom. The fraction of sp³-hybridized carbons (Fsp3) is 0.250. The number of methoxy groups -OCH3 is 1. The largest absolute Gasteiger partial charge is 0.497 e. The Hall–Kier alpha value is -2.56. The molecule has 0 atom stereocenters. The highest BCUT2D eigenvalue weighted by Gasteiger charge is 2.08. The highest BCUT2D eigenvalue weighted by molar-refractivity contribution is 6.03. The first-order valence-corrected chi connectivity index (χ1v) is 6.76. The Labute approximate surface area is 124 Å². The van der Waals surface area contributed by atoms with Crippen LogP contribution >= 0.6 is 0 Å². The van der Waals surface area contributed by atoms with E-state index in [1.54, 1.807) is 31.5 Å². The van der Waals surface area contributed by atoms with Crippen LogP contribution in [0.25, 0.3) is 0 Å². The minimum absolute atomic E-state index is 0.251. The Bertz CT molecular complexity index is 609. The van der Waals surface area contributed by atoms with E-state index >= 15 is 0 Å². The quantitative estimate of drug-likeness (QED) is 0.885. The van der Waals surface area contributed by atoms with Gasteiger partial charge in [-0.05, 0) is 38.1 Å². The highest BCUT2D eigenvalue weighted by Crippen LogP contribution is 2.17. The second kappa shape index (κ2) is 6.74. The lowest BCUT2D eigenvalue weighted by molar-refractivity contribution is 0.102. The molecule has 0 unspecified atom stereocenters. The second-order valence-corrected chi connectivity index (χ2v) is 4.92. The molecule has 0 saturated heterocycles. The number of ether oxygens (including phenoxy) is 1. The highest BCUT2D eigenvalue weighted by atomic mass is 16.5. The van der Waals surface area contributed by atoms with Crippen molar-refractivity contribution in [3.63, 3.8) is 0 Å². The number of nitrogens with one attached hydrogen (secondary N) is 2. The van der Waals surface area contributed by atoms with Crippen molar-refractivity contribution in [2.45, 2.75) is 19.9 Å². The van der Waals surface area contributed by atoms with Gasteiger partial charge in [-0.2, -0.15) is 0 Å². The number of rotatable bonds is 5. The predicted molar refractivity (Wildman–Crippen MR) is 83.9 cm³/mol. The van der Waals surface area contributed by atoms with Gasteiger partial charge in [0.2, 0.25) is 0 Å². The molecule has 1 amide bonds. The summed E-state index contributed by atoms with van der Waals surface area (Å²) in [6.45, 7) is 4.09. The van der Waals surface area contributed by atoms with Crippen molar-refractivity contribution in [1.29, 1.82) is 0 Å². The van der Waals surface area contributed by atoms with E-state index < -0.39 is 0 Å². The molecule has 1 aromatic carbocycles. The van der Waals surface area contributed by atoms with Crippen LogP contribution < -0.4 is 15.4 Å². The molecule has 21 heavy (non-hydrogen) atoms. The molecule has 0 aliphatic heterocycles. The summed E-state index contributed by atoms with van der Waals surface area (Å²) in [4.78, 5) is 16.3. The van der Waals surface area contributed by atoms with Gasteiger partial charge in [-0.3, -0.25) is 4.79 Å². The van der Waals surface area contributed by atoms with Gasteiger partial charge in [0, 0.05) is 17.8 Å². The zero-order valence-corrected chi connectivity index (χ0v) is 12.4. The molecule has 1 heterocycles. The molecular weight excluding hydrogens is 266 g/mol. The Morgan fingerprint density at radius 3 is 2.62 bits per heavy atom. The first-order valence-electron chi connectivity index (χ1n) is 6.76. The Balaban J connectivity index is 2.05. The molecule has 0 saturated carbocycles. The monoisotopic (exact) mass is 285 g/mol. The molecule has 2 aromatic rings. The molecule has 0 radical (unpaired) electrons. The average molecular weight is 285 g/mol. The van der Waals surface area contributed by atoms with E-state index in [2.05, 4.69) is 15.6 Å². The Kier molecular flexibility index (Phi) is 4.77. The number of carbonyl (C=O) groups is 1. The summed E-state index contributed by atoms with van der Waals surface area (Å²) >= 11 is 0. The van der Waals surface area contributed by atoms with Gasteiger partial charge in [0.15, 0.2) is 0 Å². The van der Waals surface area contributed by atoms with Crippen LogP contribution in [0, 0.1) is 0 Å². The molecule has 0 spiro atoms. The summed E-state index contributed by atoms with van der Waals surface area (Å²) in [7, 11) is 1.59. The smallest absolute Gasteiger partial charge is 0.274 e. The lowest BCUT2D eigenvalue weighted by Crippen LogP contribution is -2.14. The summed E-state index contributed by atoms with van der Waals surface area (Å²) in [5, 5.41) is 6.02. The van der Waals surface area contributed by atoms with Crippen LogP contribution in [-0.2, 0) is 0 Å². The molecule has 5 nitrogen and oxygen atoms in total. The summed E-state index contributed by atoms with van der Waals surface area (Å²) in [5.74, 6) is 0.441. The Morgan fingerprint density at radius 2 is 2.00 bits per heavy atom. The van der Waals surface area contributed by atoms with Crippen molar-refractivity contribution >= 4 is 17.3 Å². The van der Waals surface area contributed by atoms with Crippen LogP contribution in [0.4, 0.5) is 11.4 Å². The maximum Gasteiger partial charge on any atom is 0.274 e. The SMILES string of the molecule is COc1cccc(NC(=O)c2ccc(NC(C)C)cn2)c1.